The van der Waals surface area contributed by atoms with E-state index in [4.69, 9.17) is 15.5 Å². The molecule has 0 saturated carbocycles. The van der Waals surface area contributed by atoms with Gasteiger partial charge in [-0.05, 0) is 32.5 Å². The maximum atomic E-state index is 6.02. The summed E-state index contributed by atoms with van der Waals surface area (Å²) in [7, 11) is 1.09. The van der Waals surface area contributed by atoms with Crippen LogP contribution in [0.1, 0.15) is 24.7 Å². The van der Waals surface area contributed by atoms with Crippen LogP contribution in [0.15, 0.2) is 12.3 Å². The maximum absolute atomic E-state index is 6.02. The van der Waals surface area contributed by atoms with E-state index in [2.05, 4.69) is 41.1 Å². The third-order valence-corrected chi connectivity index (χ3v) is 6.42. The van der Waals surface area contributed by atoms with Crippen molar-refractivity contribution in [1.82, 2.24) is 19.4 Å². The third-order valence-electron chi connectivity index (χ3n) is 4.72. The molecular formula is C17H29N5OSi. The van der Waals surface area contributed by atoms with E-state index in [0.29, 0.717) is 18.6 Å². The zero-order valence-electron chi connectivity index (χ0n) is 15.2. The van der Waals surface area contributed by atoms with Crippen LogP contribution in [-0.2, 0) is 11.5 Å². The number of ether oxygens (including phenoxy) is 1. The first-order valence-electron chi connectivity index (χ1n) is 8.75. The van der Waals surface area contributed by atoms with Gasteiger partial charge in [-0.25, -0.2) is 9.97 Å². The molecule has 0 aliphatic carbocycles. The molecule has 0 radical (unpaired) electrons. The molecule has 0 bridgehead atoms. The Morgan fingerprint density at radius 2 is 2.17 bits per heavy atom. The highest BCUT2D eigenvalue weighted by atomic mass is 28.3. The molecule has 1 saturated heterocycles. The lowest BCUT2D eigenvalue weighted by Crippen LogP contribution is -2.23. The average Bonchev–Trinajstić information content (AvgIpc) is 3.06. The van der Waals surface area contributed by atoms with Crippen molar-refractivity contribution in [3.63, 3.8) is 0 Å². The van der Waals surface area contributed by atoms with Gasteiger partial charge in [0, 0.05) is 20.7 Å². The number of nitrogen functional groups attached to an aromatic ring is 1. The van der Waals surface area contributed by atoms with Crippen molar-refractivity contribution in [2.45, 2.75) is 51.3 Å². The zero-order chi connectivity index (χ0) is 17.3. The van der Waals surface area contributed by atoms with Gasteiger partial charge < -0.3 is 15.0 Å². The molecule has 0 amide bonds. The Kier molecular flexibility index (Phi) is 4.94. The highest BCUT2D eigenvalue weighted by Crippen LogP contribution is 2.32. The van der Waals surface area contributed by atoms with Crippen molar-refractivity contribution in [3.05, 3.63) is 18.1 Å². The number of aromatic nitrogens is 3. The SMILES string of the molecule is CN1CCCC1c1nc2cnc(N)cc2n1COCC[Si](C)(C)C. The number of hydrogen-bond acceptors (Lipinski definition) is 5. The number of pyridine rings is 1. The zero-order valence-corrected chi connectivity index (χ0v) is 16.2. The van der Waals surface area contributed by atoms with E-state index < -0.39 is 8.07 Å². The largest absolute Gasteiger partial charge is 0.384 e. The van der Waals surface area contributed by atoms with Gasteiger partial charge in [0.1, 0.15) is 23.9 Å². The Hall–Kier alpha value is -1.44. The van der Waals surface area contributed by atoms with E-state index in [1.807, 2.05) is 6.07 Å². The lowest BCUT2D eigenvalue weighted by molar-refractivity contribution is 0.0849. The third kappa shape index (κ3) is 3.79. The lowest BCUT2D eigenvalue weighted by Gasteiger charge is -2.21. The van der Waals surface area contributed by atoms with Crippen molar-refractivity contribution in [3.8, 4) is 0 Å². The van der Waals surface area contributed by atoms with Crippen LogP contribution in [0, 0.1) is 0 Å². The van der Waals surface area contributed by atoms with Crippen LogP contribution in [0.3, 0.4) is 0 Å². The Bertz CT molecular complexity index is 709. The normalized spacial score (nSPS) is 19.4. The van der Waals surface area contributed by atoms with Gasteiger partial charge in [-0.15, -0.1) is 0 Å². The first kappa shape index (κ1) is 17.4. The van der Waals surface area contributed by atoms with Gasteiger partial charge in [0.2, 0.25) is 0 Å². The van der Waals surface area contributed by atoms with E-state index in [1.54, 1.807) is 6.20 Å². The fraction of sp³-hybridized carbons (Fsp3) is 0.647. The molecule has 0 spiro atoms. The molecule has 1 unspecified atom stereocenters. The average molecular weight is 348 g/mol. The molecule has 1 fully saturated rings. The van der Waals surface area contributed by atoms with Crippen LogP contribution in [0.25, 0.3) is 11.0 Å². The summed E-state index contributed by atoms with van der Waals surface area (Å²) in [5.41, 5.74) is 7.81. The molecule has 3 heterocycles. The van der Waals surface area contributed by atoms with Crippen molar-refractivity contribution < 1.29 is 4.74 Å². The van der Waals surface area contributed by atoms with E-state index in [1.165, 1.54) is 12.5 Å². The standard InChI is InChI=1S/C17H29N5OSi/c1-21-7-5-6-14(21)17-20-13-11-19-16(18)10-15(13)22(17)12-23-8-9-24(2,3)4/h10-11,14H,5-9,12H2,1-4H3,(H2,18,19). The van der Waals surface area contributed by atoms with Crippen molar-refractivity contribution in [2.75, 3.05) is 25.9 Å². The number of rotatable bonds is 6. The fourth-order valence-corrected chi connectivity index (χ4v) is 3.98. The summed E-state index contributed by atoms with van der Waals surface area (Å²) in [5.74, 6) is 1.60. The van der Waals surface area contributed by atoms with E-state index in [9.17, 15) is 0 Å². The molecule has 6 nitrogen and oxygen atoms in total. The number of nitrogens with zero attached hydrogens (tertiary/aromatic N) is 4. The van der Waals surface area contributed by atoms with Gasteiger partial charge in [0.15, 0.2) is 0 Å². The van der Waals surface area contributed by atoms with Crippen molar-refractivity contribution >= 4 is 24.9 Å². The van der Waals surface area contributed by atoms with Crippen LogP contribution in [0.2, 0.25) is 25.7 Å². The van der Waals surface area contributed by atoms with Crippen LogP contribution in [-0.4, -0.2) is 47.7 Å². The molecule has 2 aromatic heterocycles. The minimum Gasteiger partial charge on any atom is -0.384 e. The topological polar surface area (TPSA) is 69.2 Å². The summed E-state index contributed by atoms with van der Waals surface area (Å²) in [5, 5.41) is 0. The smallest absolute Gasteiger partial charge is 0.129 e. The molecule has 7 heteroatoms. The second kappa shape index (κ2) is 6.82. The van der Waals surface area contributed by atoms with Gasteiger partial charge in [0.05, 0.1) is 17.8 Å². The summed E-state index contributed by atoms with van der Waals surface area (Å²) in [4.78, 5) is 11.4. The highest BCUT2D eigenvalue weighted by molar-refractivity contribution is 6.76. The molecule has 1 aliphatic heterocycles. The predicted octanol–water partition coefficient (Wildman–Crippen LogP) is 3.09. The Morgan fingerprint density at radius 3 is 2.83 bits per heavy atom. The molecule has 2 N–H and O–H groups in total. The number of likely N-dealkylation sites (tertiary alicyclic amines) is 1. The molecule has 132 valence electrons. The number of nitrogens with two attached hydrogens (primary N) is 1. The summed E-state index contributed by atoms with van der Waals surface area (Å²) >= 11 is 0. The fourth-order valence-electron chi connectivity index (χ4n) is 3.22. The lowest BCUT2D eigenvalue weighted by atomic mass is 10.2. The molecule has 24 heavy (non-hydrogen) atoms. The van der Waals surface area contributed by atoms with E-state index >= 15 is 0 Å². The summed E-state index contributed by atoms with van der Waals surface area (Å²) in [6.45, 7) is 9.56. The van der Waals surface area contributed by atoms with Crippen LogP contribution in [0.5, 0.6) is 0 Å². The number of hydrogen-bond donors (Lipinski definition) is 1. The maximum Gasteiger partial charge on any atom is 0.129 e. The minimum absolute atomic E-state index is 0.346. The van der Waals surface area contributed by atoms with Gasteiger partial charge in [-0.2, -0.15) is 0 Å². The number of fused-ring (bicyclic) bond motifs is 1. The van der Waals surface area contributed by atoms with E-state index in [-0.39, 0.29) is 0 Å². The second-order valence-corrected chi connectivity index (χ2v) is 13.6. The second-order valence-electron chi connectivity index (χ2n) is 7.98. The van der Waals surface area contributed by atoms with Crippen LogP contribution in [0.4, 0.5) is 5.82 Å². The first-order chi connectivity index (χ1) is 11.3. The Morgan fingerprint density at radius 1 is 1.38 bits per heavy atom. The molecule has 0 aromatic carbocycles. The van der Waals surface area contributed by atoms with Crippen molar-refractivity contribution in [2.24, 2.45) is 0 Å². The van der Waals surface area contributed by atoms with Crippen molar-refractivity contribution in [1.29, 1.82) is 0 Å². The quantitative estimate of drug-likeness (QED) is 0.642. The molecule has 3 rings (SSSR count). The highest BCUT2D eigenvalue weighted by Gasteiger charge is 2.28. The number of anilines is 1. The summed E-state index contributed by atoms with van der Waals surface area (Å²) < 4.78 is 8.20. The predicted molar refractivity (Wildman–Crippen MR) is 101 cm³/mol. The van der Waals surface area contributed by atoms with Crippen LogP contribution < -0.4 is 5.73 Å². The van der Waals surface area contributed by atoms with E-state index in [0.717, 1.165) is 36.4 Å². The molecule has 2 aromatic rings. The summed E-state index contributed by atoms with van der Waals surface area (Å²) in [6, 6.07) is 3.42. The molecule has 1 atom stereocenters. The Balaban J connectivity index is 1.86. The molecule has 1 aliphatic rings. The summed E-state index contributed by atoms with van der Waals surface area (Å²) in [6.07, 6.45) is 4.11. The monoisotopic (exact) mass is 347 g/mol. The first-order valence-corrected chi connectivity index (χ1v) is 12.5. The minimum atomic E-state index is -1.08. The van der Waals surface area contributed by atoms with Gasteiger partial charge in [0.25, 0.3) is 0 Å². The van der Waals surface area contributed by atoms with Gasteiger partial charge >= 0.3 is 0 Å². The van der Waals surface area contributed by atoms with Gasteiger partial charge in [-0.3, -0.25) is 4.90 Å². The number of imidazole rings is 1. The molecular weight excluding hydrogens is 318 g/mol. The van der Waals surface area contributed by atoms with Gasteiger partial charge in [-0.1, -0.05) is 19.6 Å². The van der Waals surface area contributed by atoms with Crippen LogP contribution >= 0.6 is 0 Å². The Labute approximate surface area is 145 Å².